The molecule has 6 heteroatoms. The summed E-state index contributed by atoms with van der Waals surface area (Å²) in [5.74, 6) is 0.165. The van der Waals surface area contributed by atoms with E-state index in [-0.39, 0.29) is 5.88 Å². The van der Waals surface area contributed by atoms with Crippen LogP contribution < -0.4 is 15.2 Å². The van der Waals surface area contributed by atoms with Gasteiger partial charge in [-0.25, -0.2) is 4.79 Å². The Morgan fingerprint density at radius 3 is 2.64 bits per heavy atom. The molecule has 0 fully saturated rings. The number of nitriles is 1. The van der Waals surface area contributed by atoms with Gasteiger partial charge in [0.1, 0.15) is 17.4 Å². The van der Waals surface area contributed by atoms with E-state index in [1.165, 1.54) is 0 Å². The SMILES string of the molecule is Cc1ccc(C2C(C#N)=C(N)Oc3c2sc2ccccc32)c(OC(=O)c2ccccc2C)c1. The number of carbonyl (C=O) groups is 1. The molecule has 1 atom stereocenters. The van der Waals surface area contributed by atoms with Gasteiger partial charge in [0.2, 0.25) is 5.88 Å². The maximum Gasteiger partial charge on any atom is 0.343 e. The zero-order valence-corrected chi connectivity index (χ0v) is 18.9. The van der Waals surface area contributed by atoms with Gasteiger partial charge in [0.25, 0.3) is 0 Å². The van der Waals surface area contributed by atoms with Crippen molar-refractivity contribution in [3.63, 3.8) is 0 Å². The number of aryl methyl sites for hydroxylation is 2. The third-order valence-electron chi connectivity index (χ3n) is 5.77. The largest absolute Gasteiger partial charge is 0.439 e. The highest BCUT2D eigenvalue weighted by Crippen LogP contribution is 2.51. The fourth-order valence-corrected chi connectivity index (χ4v) is 5.38. The second kappa shape index (κ2) is 8.12. The predicted octanol–water partition coefficient (Wildman–Crippen LogP) is 5.96. The summed E-state index contributed by atoms with van der Waals surface area (Å²) in [4.78, 5) is 13.9. The molecule has 1 unspecified atom stereocenters. The van der Waals surface area contributed by atoms with Crippen molar-refractivity contribution in [1.82, 2.24) is 0 Å². The van der Waals surface area contributed by atoms with E-state index in [0.29, 0.717) is 28.2 Å². The second-order valence-electron chi connectivity index (χ2n) is 7.96. The number of nitrogens with two attached hydrogens (primary N) is 1. The second-order valence-corrected chi connectivity index (χ2v) is 9.05. The van der Waals surface area contributed by atoms with Crippen molar-refractivity contribution in [3.8, 4) is 17.6 Å². The lowest BCUT2D eigenvalue weighted by Gasteiger charge is -2.25. The maximum atomic E-state index is 13.0. The standard InChI is InChI=1S/C27H20N2O3S/c1-15-11-12-18(21(13-15)31-27(30)17-8-4-3-7-16(17)2)23-20(14-28)26(29)32-24-19-9-5-6-10-22(19)33-25(23)24/h3-13,23H,29H2,1-2H3. The summed E-state index contributed by atoms with van der Waals surface area (Å²) < 4.78 is 12.9. The summed E-state index contributed by atoms with van der Waals surface area (Å²) in [5, 5.41) is 10.9. The van der Waals surface area contributed by atoms with Crippen LogP contribution in [0.5, 0.6) is 11.5 Å². The van der Waals surface area contributed by atoms with Gasteiger partial charge < -0.3 is 15.2 Å². The minimum absolute atomic E-state index is 0.0651. The summed E-state index contributed by atoms with van der Waals surface area (Å²) in [6, 6.07) is 23.0. The average Bonchev–Trinajstić information content (AvgIpc) is 3.17. The number of hydrogen-bond acceptors (Lipinski definition) is 6. The van der Waals surface area contributed by atoms with Crippen molar-refractivity contribution in [2.24, 2.45) is 5.73 Å². The van der Waals surface area contributed by atoms with Crippen molar-refractivity contribution in [3.05, 3.63) is 105 Å². The summed E-state index contributed by atoms with van der Waals surface area (Å²) in [6.45, 7) is 3.80. The lowest BCUT2D eigenvalue weighted by Crippen LogP contribution is -2.21. The van der Waals surface area contributed by atoms with E-state index in [9.17, 15) is 10.1 Å². The van der Waals surface area contributed by atoms with Crippen LogP contribution in [0.3, 0.4) is 0 Å². The van der Waals surface area contributed by atoms with Crippen molar-refractivity contribution in [2.75, 3.05) is 0 Å². The Labute approximate surface area is 195 Å². The number of thiophene rings is 1. The Kier molecular flexibility index (Phi) is 5.12. The zero-order chi connectivity index (χ0) is 23.1. The number of hydrogen-bond donors (Lipinski definition) is 1. The summed E-state index contributed by atoms with van der Waals surface area (Å²) in [7, 11) is 0. The molecule has 0 bridgehead atoms. The van der Waals surface area contributed by atoms with Gasteiger partial charge in [0.15, 0.2) is 5.75 Å². The van der Waals surface area contributed by atoms with Gasteiger partial charge in [-0.1, -0.05) is 42.5 Å². The molecule has 0 spiro atoms. The van der Waals surface area contributed by atoms with Crippen LogP contribution in [0.1, 0.15) is 37.8 Å². The van der Waals surface area contributed by atoms with Gasteiger partial charge in [-0.05, 0) is 49.2 Å². The molecule has 2 heterocycles. The molecule has 3 aromatic carbocycles. The number of ether oxygens (including phenoxy) is 2. The number of allylic oxidation sites excluding steroid dienone is 1. The molecule has 4 aromatic rings. The summed E-state index contributed by atoms with van der Waals surface area (Å²) >= 11 is 1.55. The van der Waals surface area contributed by atoms with Crippen LogP contribution >= 0.6 is 11.3 Å². The number of nitrogens with zero attached hydrogens (tertiary/aromatic N) is 1. The Morgan fingerprint density at radius 1 is 1.09 bits per heavy atom. The summed E-state index contributed by atoms with van der Waals surface area (Å²) in [6.07, 6.45) is 0. The van der Waals surface area contributed by atoms with E-state index in [1.54, 1.807) is 23.5 Å². The third kappa shape index (κ3) is 3.53. The van der Waals surface area contributed by atoms with Gasteiger partial charge in [0.05, 0.1) is 16.4 Å². The van der Waals surface area contributed by atoms with Crippen LogP contribution in [-0.2, 0) is 0 Å². The van der Waals surface area contributed by atoms with E-state index < -0.39 is 11.9 Å². The number of carbonyl (C=O) groups excluding carboxylic acids is 1. The molecule has 0 saturated carbocycles. The third-order valence-corrected chi connectivity index (χ3v) is 6.99. The highest BCUT2D eigenvalue weighted by molar-refractivity contribution is 7.19. The minimum atomic E-state index is -0.503. The van der Waals surface area contributed by atoms with E-state index in [2.05, 4.69) is 6.07 Å². The van der Waals surface area contributed by atoms with Crippen LogP contribution in [0, 0.1) is 25.2 Å². The molecule has 33 heavy (non-hydrogen) atoms. The summed E-state index contributed by atoms with van der Waals surface area (Å²) in [5.41, 5.74) is 9.46. The Morgan fingerprint density at radius 2 is 1.85 bits per heavy atom. The highest BCUT2D eigenvalue weighted by Gasteiger charge is 2.36. The quantitative estimate of drug-likeness (QED) is 0.306. The molecule has 5 nitrogen and oxygen atoms in total. The fourth-order valence-electron chi connectivity index (χ4n) is 4.12. The number of esters is 1. The molecule has 162 valence electrons. The molecule has 0 aliphatic carbocycles. The molecular weight excluding hydrogens is 432 g/mol. The molecule has 0 amide bonds. The fraction of sp³-hybridized carbons (Fsp3) is 0.111. The van der Waals surface area contributed by atoms with Crippen molar-refractivity contribution >= 4 is 27.4 Å². The first-order valence-electron chi connectivity index (χ1n) is 10.4. The Balaban J connectivity index is 1.67. The van der Waals surface area contributed by atoms with Crippen LogP contribution in [0.2, 0.25) is 0 Å². The smallest absolute Gasteiger partial charge is 0.343 e. The topological polar surface area (TPSA) is 85.3 Å². The zero-order valence-electron chi connectivity index (χ0n) is 18.1. The lowest BCUT2D eigenvalue weighted by molar-refractivity contribution is 0.0732. The van der Waals surface area contributed by atoms with Crippen molar-refractivity contribution in [2.45, 2.75) is 19.8 Å². The predicted molar refractivity (Wildman–Crippen MR) is 128 cm³/mol. The molecule has 5 rings (SSSR count). The van der Waals surface area contributed by atoms with Gasteiger partial charge in [0, 0.05) is 15.6 Å². The van der Waals surface area contributed by atoms with Gasteiger partial charge in [-0.15, -0.1) is 11.3 Å². The van der Waals surface area contributed by atoms with Crippen molar-refractivity contribution in [1.29, 1.82) is 5.26 Å². The highest BCUT2D eigenvalue weighted by atomic mass is 32.1. The lowest BCUT2D eigenvalue weighted by atomic mass is 9.87. The Hall–Kier alpha value is -4.08. The number of benzene rings is 3. The Bertz CT molecular complexity index is 1490. The van der Waals surface area contributed by atoms with E-state index in [0.717, 1.165) is 26.1 Å². The maximum absolute atomic E-state index is 13.0. The molecule has 1 aliphatic rings. The molecular formula is C27H20N2O3S. The van der Waals surface area contributed by atoms with Crippen LogP contribution in [-0.4, -0.2) is 5.97 Å². The van der Waals surface area contributed by atoms with E-state index >= 15 is 0 Å². The first kappa shape index (κ1) is 20.8. The van der Waals surface area contributed by atoms with Crippen molar-refractivity contribution < 1.29 is 14.3 Å². The molecule has 0 radical (unpaired) electrons. The average molecular weight is 453 g/mol. The minimum Gasteiger partial charge on any atom is -0.439 e. The molecule has 0 saturated heterocycles. The number of rotatable bonds is 3. The first-order valence-corrected chi connectivity index (χ1v) is 11.3. The molecule has 2 N–H and O–H groups in total. The normalized spacial score (nSPS) is 15.0. The van der Waals surface area contributed by atoms with E-state index in [1.807, 2.05) is 68.4 Å². The van der Waals surface area contributed by atoms with Crippen LogP contribution in [0.4, 0.5) is 0 Å². The van der Waals surface area contributed by atoms with E-state index in [4.69, 9.17) is 15.2 Å². The van der Waals surface area contributed by atoms with Gasteiger partial charge >= 0.3 is 5.97 Å². The van der Waals surface area contributed by atoms with Gasteiger partial charge in [-0.3, -0.25) is 0 Å². The van der Waals surface area contributed by atoms with Crippen LogP contribution in [0.25, 0.3) is 10.1 Å². The van der Waals surface area contributed by atoms with Gasteiger partial charge in [-0.2, -0.15) is 5.26 Å². The van der Waals surface area contributed by atoms with Crippen LogP contribution in [0.15, 0.2) is 78.2 Å². The molecule has 1 aliphatic heterocycles. The number of fused-ring (bicyclic) bond motifs is 3. The molecule has 1 aromatic heterocycles. The monoisotopic (exact) mass is 452 g/mol. The first-order chi connectivity index (χ1) is 16.0.